The number of fused-ring (bicyclic) bond motifs is 1. The number of carbonyl (C=O) groups is 1. The highest BCUT2D eigenvalue weighted by Crippen LogP contribution is 2.23. The molecule has 0 fully saturated rings. The molecule has 0 unspecified atom stereocenters. The maximum Gasteiger partial charge on any atom is 0.255 e. The van der Waals surface area contributed by atoms with E-state index in [1.165, 1.54) is 5.56 Å². The van der Waals surface area contributed by atoms with Gasteiger partial charge in [0.1, 0.15) is 5.75 Å². The van der Waals surface area contributed by atoms with Gasteiger partial charge in [-0.05, 0) is 60.8 Å². The molecule has 4 heteroatoms. The number of aryl methyl sites for hydroxylation is 1. The Morgan fingerprint density at radius 2 is 2.14 bits per heavy atom. The topological polar surface area (TPSA) is 61.4 Å². The number of rotatable bonds is 2. The van der Waals surface area contributed by atoms with Gasteiger partial charge in [-0.1, -0.05) is 12.1 Å². The van der Waals surface area contributed by atoms with E-state index in [1.54, 1.807) is 25.1 Å². The smallest absolute Gasteiger partial charge is 0.255 e. The highest BCUT2D eigenvalue weighted by atomic mass is 16.3. The summed E-state index contributed by atoms with van der Waals surface area (Å²) in [5.41, 5.74) is 4.49. The summed E-state index contributed by atoms with van der Waals surface area (Å²) < 4.78 is 0. The van der Waals surface area contributed by atoms with Crippen LogP contribution in [0.1, 0.15) is 27.0 Å². The van der Waals surface area contributed by atoms with Crippen molar-refractivity contribution < 1.29 is 9.90 Å². The molecular formula is C17H18N2O2. The van der Waals surface area contributed by atoms with Crippen LogP contribution < -0.4 is 10.6 Å². The third-order valence-electron chi connectivity index (χ3n) is 3.84. The van der Waals surface area contributed by atoms with Gasteiger partial charge >= 0.3 is 0 Å². The minimum atomic E-state index is -0.0983. The number of phenols is 1. The first-order valence-electron chi connectivity index (χ1n) is 7.07. The number of nitrogens with one attached hydrogen (secondary N) is 2. The molecule has 3 N–H and O–H groups in total. The van der Waals surface area contributed by atoms with Crippen LogP contribution in [0.4, 0.5) is 5.69 Å². The molecule has 21 heavy (non-hydrogen) atoms. The average molecular weight is 282 g/mol. The maximum atomic E-state index is 12.5. The Balaban J connectivity index is 1.87. The zero-order valence-corrected chi connectivity index (χ0v) is 11.9. The van der Waals surface area contributed by atoms with E-state index in [0.29, 0.717) is 5.69 Å². The fourth-order valence-electron chi connectivity index (χ4n) is 2.68. The molecule has 1 heterocycles. The van der Waals surface area contributed by atoms with Crippen molar-refractivity contribution in [2.24, 2.45) is 0 Å². The van der Waals surface area contributed by atoms with E-state index in [4.69, 9.17) is 0 Å². The molecule has 108 valence electrons. The van der Waals surface area contributed by atoms with E-state index in [9.17, 15) is 9.90 Å². The number of hydrogen-bond donors (Lipinski definition) is 3. The molecule has 0 bridgehead atoms. The van der Waals surface area contributed by atoms with Crippen LogP contribution in [0.25, 0.3) is 0 Å². The quantitative estimate of drug-likeness (QED) is 0.742. The Morgan fingerprint density at radius 1 is 1.29 bits per heavy atom. The van der Waals surface area contributed by atoms with Crippen LogP contribution >= 0.6 is 0 Å². The molecule has 3 rings (SSSR count). The maximum absolute atomic E-state index is 12.5. The molecule has 1 aliphatic heterocycles. The largest absolute Gasteiger partial charge is 0.508 e. The van der Waals surface area contributed by atoms with Crippen molar-refractivity contribution in [3.8, 4) is 5.75 Å². The number of anilines is 1. The zero-order valence-electron chi connectivity index (χ0n) is 11.9. The molecule has 0 aromatic heterocycles. The molecule has 0 saturated carbocycles. The van der Waals surface area contributed by atoms with Crippen LogP contribution in [0.2, 0.25) is 0 Å². The Hall–Kier alpha value is -2.33. The lowest BCUT2D eigenvalue weighted by Crippen LogP contribution is -2.26. The van der Waals surface area contributed by atoms with Crippen molar-refractivity contribution in [1.29, 1.82) is 0 Å². The monoisotopic (exact) mass is 282 g/mol. The standard InChI is InChI=1S/C17H18N2O2/c1-11-9-13(5-6-16(11)20)19-17(21)15-4-2-3-12-10-18-8-7-14(12)15/h2-6,9,18,20H,7-8,10H2,1H3,(H,19,21). The van der Waals surface area contributed by atoms with Gasteiger partial charge in [0.2, 0.25) is 0 Å². The van der Waals surface area contributed by atoms with E-state index >= 15 is 0 Å². The highest BCUT2D eigenvalue weighted by Gasteiger charge is 2.17. The molecule has 2 aromatic carbocycles. The molecule has 0 radical (unpaired) electrons. The van der Waals surface area contributed by atoms with Crippen molar-refractivity contribution in [3.05, 3.63) is 58.7 Å². The summed E-state index contributed by atoms with van der Waals surface area (Å²) in [7, 11) is 0. The molecule has 0 spiro atoms. The van der Waals surface area contributed by atoms with Gasteiger partial charge < -0.3 is 15.7 Å². The van der Waals surface area contributed by atoms with E-state index < -0.39 is 0 Å². The highest BCUT2D eigenvalue weighted by molar-refractivity contribution is 6.05. The fraction of sp³-hybridized carbons (Fsp3) is 0.235. The first kappa shape index (κ1) is 13.6. The van der Waals surface area contributed by atoms with Gasteiger partial charge in [0.25, 0.3) is 5.91 Å². The zero-order chi connectivity index (χ0) is 14.8. The number of phenolic OH excluding ortho intramolecular Hbond substituents is 1. The second-order valence-electron chi connectivity index (χ2n) is 5.33. The Kier molecular flexibility index (Phi) is 3.62. The second-order valence-corrected chi connectivity index (χ2v) is 5.33. The molecule has 0 atom stereocenters. The van der Waals surface area contributed by atoms with Crippen molar-refractivity contribution in [1.82, 2.24) is 5.32 Å². The van der Waals surface area contributed by atoms with Crippen molar-refractivity contribution in [2.75, 3.05) is 11.9 Å². The molecular weight excluding hydrogens is 264 g/mol. The minimum Gasteiger partial charge on any atom is -0.508 e. The fourth-order valence-corrected chi connectivity index (χ4v) is 2.68. The predicted molar refractivity (Wildman–Crippen MR) is 82.6 cm³/mol. The molecule has 2 aromatic rings. The van der Waals surface area contributed by atoms with Gasteiger partial charge in [0.15, 0.2) is 0 Å². The number of hydrogen-bond acceptors (Lipinski definition) is 3. The van der Waals surface area contributed by atoms with E-state index in [-0.39, 0.29) is 11.7 Å². The normalized spacial score (nSPS) is 13.6. The van der Waals surface area contributed by atoms with E-state index in [0.717, 1.165) is 36.2 Å². The average Bonchev–Trinajstić information content (AvgIpc) is 2.50. The first-order chi connectivity index (χ1) is 10.1. The minimum absolute atomic E-state index is 0.0983. The number of carbonyl (C=O) groups excluding carboxylic acids is 1. The molecule has 4 nitrogen and oxygen atoms in total. The SMILES string of the molecule is Cc1cc(NC(=O)c2cccc3c2CCNC3)ccc1O. The first-order valence-corrected chi connectivity index (χ1v) is 7.07. The van der Waals surface area contributed by atoms with Crippen molar-refractivity contribution in [3.63, 3.8) is 0 Å². The lowest BCUT2D eigenvalue weighted by molar-refractivity contribution is 0.102. The summed E-state index contributed by atoms with van der Waals surface area (Å²) >= 11 is 0. The van der Waals surface area contributed by atoms with Crippen LogP contribution in [0, 0.1) is 6.92 Å². The summed E-state index contributed by atoms with van der Waals surface area (Å²) in [6.07, 6.45) is 0.869. The third-order valence-corrected chi connectivity index (χ3v) is 3.84. The molecule has 1 amide bonds. The van der Waals surface area contributed by atoms with Crippen molar-refractivity contribution >= 4 is 11.6 Å². The van der Waals surface area contributed by atoms with Crippen LogP contribution in [0.15, 0.2) is 36.4 Å². The Bertz CT molecular complexity index is 695. The summed E-state index contributed by atoms with van der Waals surface area (Å²) in [4.78, 5) is 12.5. The van der Waals surface area contributed by atoms with Crippen LogP contribution in [0.3, 0.4) is 0 Å². The van der Waals surface area contributed by atoms with Gasteiger partial charge in [-0.25, -0.2) is 0 Å². The number of amides is 1. The van der Waals surface area contributed by atoms with Gasteiger partial charge in [-0.15, -0.1) is 0 Å². The van der Waals surface area contributed by atoms with Crippen LogP contribution in [-0.2, 0) is 13.0 Å². The van der Waals surface area contributed by atoms with E-state index in [2.05, 4.69) is 16.7 Å². The summed E-state index contributed by atoms with van der Waals surface area (Å²) in [6, 6.07) is 10.9. The number of aromatic hydroxyl groups is 1. The second kappa shape index (κ2) is 5.58. The van der Waals surface area contributed by atoms with Crippen LogP contribution in [-0.4, -0.2) is 17.6 Å². The van der Waals surface area contributed by atoms with Gasteiger partial charge in [0.05, 0.1) is 0 Å². The van der Waals surface area contributed by atoms with E-state index in [1.807, 2.05) is 12.1 Å². The van der Waals surface area contributed by atoms with Gasteiger partial charge in [-0.3, -0.25) is 4.79 Å². The summed E-state index contributed by atoms with van der Waals surface area (Å²) in [5.74, 6) is 0.134. The van der Waals surface area contributed by atoms with Gasteiger partial charge in [0, 0.05) is 17.8 Å². The number of benzene rings is 2. The lowest BCUT2D eigenvalue weighted by atomic mass is 9.95. The Morgan fingerprint density at radius 3 is 2.95 bits per heavy atom. The molecule has 0 saturated heterocycles. The van der Waals surface area contributed by atoms with Crippen LogP contribution in [0.5, 0.6) is 5.75 Å². The third kappa shape index (κ3) is 2.76. The Labute approximate surface area is 123 Å². The lowest BCUT2D eigenvalue weighted by Gasteiger charge is -2.20. The molecule has 0 aliphatic carbocycles. The molecule has 1 aliphatic rings. The summed E-state index contributed by atoms with van der Waals surface area (Å²) in [6.45, 7) is 3.52. The predicted octanol–water partition coefficient (Wildman–Crippen LogP) is 2.60. The summed E-state index contributed by atoms with van der Waals surface area (Å²) in [5, 5.41) is 15.8. The van der Waals surface area contributed by atoms with Gasteiger partial charge in [-0.2, -0.15) is 0 Å². The van der Waals surface area contributed by atoms with Crippen molar-refractivity contribution in [2.45, 2.75) is 19.9 Å².